The number of likely N-dealkylation sites (N-methyl/N-ethyl adjacent to an activating group) is 1. The number of ether oxygens (including phenoxy) is 4. The van der Waals surface area contributed by atoms with Gasteiger partial charge in [0.1, 0.15) is 18.3 Å². The van der Waals surface area contributed by atoms with Gasteiger partial charge in [-0.25, -0.2) is 4.99 Å². The Hall–Kier alpha value is -5.12. The summed E-state index contributed by atoms with van der Waals surface area (Å²) in [6.45, 7) is 4.44. The zero-order valence-corrected chi connectivity index (χ0v) is 53.2. The topological polar surface area (TPSA) is 250 Å². The molecule has 474 valence electrons. The van der Waals surface area contributed by atoms with E-state index in [-0.39, 0.29) is 109 Å². The average Bonchev–Trinajstić information content (AvgIpc) is 1.52. The molecule has 3 fully saturated rings. The summed E-state index contributed by atoms with van der Waals surface area (Å²) in [5.41, 5.74) is 11.7. The van der Waals surface area contributed by atoms with Gasteiger partial charge in [0.2, 0.25) is 6.29 Å². The van der Waals surface area contributed by atoms with Crippen molar-refractivity contribution in [3.63, 3.8) is 0 Å². The van der Waals surface area contributed by atoms with Crippen molar-refractivity contribution in [2.24, 2.45) is 62.5 Å². The second-order valence-electron chi connectivity index (χ2n) is 27.7. The number of guanidine groups is 1. The lowest BCUT2D eigenvalue weighted by atomic mass is 9.51. The number of aryl methyl sites for hydroxylation is 2. The van der Waals surface area contributed by atoms with Crippen molar-refractivity contribution in [3.05, 3.63) is 87.5 Å². The molecule has 4 heterocycles. The molecule has 8 bridgehead atoms. The third-order valence-corrected chi connectivity index (χ3v) is 24.8. The number of nitrogens with one attached hydrogen (secondary N) is 3. The van der Waals surface area contributed by atoms with Crippen LogP contribution in [0.3, 0.4) is 0 Å². The molecule has 3 saturated carbocycles. The average molecular weight is 1240 g/mol. The molecule has 0 radical (unpaired) electrons. The number of benzene rings is 3. The highest BCUT2D eigenvalue weighted by Crippen LogP contribution is 2.68. The molecule has 4 aliphatic heterocycles. The molecule has 88 heavy (non-hydrogen) atoms. The van der Waals surface area contributed by atoms with Crippen LogP contribution < -0.4 is 35.9 Å². The van der Waals surface area contributed by atoms with Crippen molar-refractivity contribution < 1.29 is 54.4 Å². The summed E-state index contributed by atoms with van der Waals surface area (Å²) in [7, 11) is 7.26. The number of Topliss-reactive ketones (excluding diaryl/α,β-unsaturated/α-hetero) is 1. The SMILES string of the molecule is CNC[C@H]1CC[C@@]2(CC[C@]3(CC[C@@H]4C[C@@H]([C@H](CO)OC)[C@H]5C=C[C@]6(C#C[C@H]7NC(N)=N[C@@H](C(C)C)CSSC[C@H]7[C@@H]7Cc8c9cc(c(c8O[C@@H]7O)OCN[C@@]46C3)CC#Cc3c(ccc(O)c3OCO)CCC(=O)C[C@H](O)CC9)C5)C2)Cc2ccc(O)cc21. The monoisotopic (exact) mass is 1240 g/mol. The van der Waals surface area contributed by atoms with E-state index in [0.717, 1.165) is 87.6 Å². The van der Waals surface area contributed by atoms with E-state index < -0.39 is 42.1 Å². The lowest BCUT2D eigenvalue weighted by molar-refractivity contribution is -0.121. The number of nitrogens with zero attached hydrogens (tertiary/aromatic N) is 1. The maximum Gasteiger partial charge on any atom is 0.201 e. The smallest absolute Gasteiger partial charge is 0.201 e. The number of carbonyl (C=O) groups excluding carboxylic acids is 1. The van der Waals surface area contributed by atoms with Gasteiger partial charge in [0, 0.05) is 72.9 Å². The van der Waals surface area contributed by atoms with E-state index in [1.54, 1.807) is 34.8 Å². The van der Waals surface area contributed by atoms with Crippen molar-refractivity contribution in [1.82, 2.24) is 16.0 Å². The second-order valence-corrected chi connectivity index (χ2v) is 30.3. The van der Waals surface area contributed by atoms with Crippen LogP contribution in [0.15, 0.2) is 53.5 Å². The minimum atomic E-state index is -1.30. The molecule has 3 aromatic carbocycles. The maximum absolute atomic E-state index is 13.6. The van der Waals surface area contributed by atoms with Gasteiger partial charge in [0.05, 0.1) is 41.9 Å². The molecule has 0 amide bonds. The Labute approximate surface area is 527 Å². The number of fused-ring (bicyclic) bond motifs is 8. The number of phenols is 2. The van der Waals surface area contributed by atoms with Gasteiger partial charge < -0.3 is 66.0 Å². The van der Waals surface area contributed by atoms with E-state index in [2.05, 4.69) is 77.8 Å². The van der Waals surface area contributed by atoms with E-state index in [1.807, 2.05) is 19.2 Å². The van der Waals surface area contributed by atoms with Gasteiger partial charge in [-0.3, -0.25) is 10.1 Å². The van der Waals surface area contributed by atoms with Crippen LogP contribution in [0, 0.1) is 75.4 Å². The highest BCUT2D eigenvalue weighted by Gasteiger charge is 2.66. The molecule has 13 rings (SSSR count). The van der Waals surface area contributed by atoms with E-state index in [0.29, 0.717) is 77.3 Å². The molecule has 4 spiro atoms. The maximum atomic E-state index is 13.6. The second kappa shape index (κ2) is 26.2. The number of hydrogen-bond acceptors (Lipinski definition) is 18. The Bertz CT molecular complexity index is 3280. The number of carbonyl (C=O) groups is 1. The standard InChI is InChI=1S/C70H91N5O11S2/c1-41(2)59-36-88-87-35-57-56-30-55-43-9-13-50(79)28-49(78)12-8-42-11-15-60(81)63(85-40-77)52(42)7-5-6-44(26-43)62(64(55)86-65(56)82)84-39-73-70-38-68(25-24-67(37-68)20-16-47(33-72-3)53-29-51(80)14-10-45(53)31-67)21-18-48(70)27-54(61(34-76)83-4)46-17-22-69(70,32-46)23-19-58(57)74-66(71)75-59/h10-11,14-15,17,22,26,29,41,46-48,50,54,56-59,61,65,72-73,76-77,79-82H,6,8-9,12-13,16,18,20-21,24-25,27-28,30-40H2,1-4H3,(H3,71,74,75)/t46-,47+,48+,50+,54+,56-,57-,58+,59+,61-,65-,67+,68+,69-,70-/m0/s1. The molecule has 0 saturated heterocycles. The third-order valence-electron chi connectivity index (χ3n) is 22.3. The van der Waals surface area contributed by atoms with Crippen molar-refractivity contribution in [2.45, 2.75) is 171 Å². The van der Waals surface area contributed by atoms with Crippen LogP contribution >= 0.6 is 21.6 Å². The van der Waals surface area contributed by atoms with Gasteiger partial charge in [-0.2, -0.15) is 0 Å². The number of allylic oxidation sites excluding steroid dienone is 1. The zero-order chi connectivity index (χ0) is 61.5. The summed E-state index contributed by atoms with van der Waals surface area (Å²) < 4.78 is 26.2. The highest BCUT2D eigenvalue weighted by molar-refractivity contribution is 8.76. The van der Waals surface area contributed by atoms with Crippen molar-refractivity contribution in [3.8, 4) is 52.4 Å². The van der Waals surface area contributed by atoms with E-state index in [9.17, 15) is 35.4 Å². The summed E-state index contributed by atoms with van der Waals surface area (Å²) in [4.78, 5) is 18.7. The number of methoxy groups -OCH3 is 1. The number of nitrogens with two attached hydrogens (primary N) is 1. The summed E-state index contributed by atoms with van der Waals surface area (Å²) in [6, 6.07) is 10.7. The first-order valence-corrected chi connectivity index (χ1v) is 34.8. The first-order chi connectivity index (χ1) is 42.5. The minimum Gasteiger partial charge on any atom is -0.508 e. The fourth-order valence-corrected chi connectivity index (χ4v) is 20.7. The molecule has 15 atom stereocenters. The Morgan fingerprint density at radius 2 is 1.74 bits per heavy atom. The molecule has 3 aromatic rings. The fraction of sp³-hybridized carbons (Fsp3) is 0.629. The van der Waals surface area contributed by atoms with Crippen LogP contribution in [-0.2, 0) is 41.6 Å². The Morgan fingerprint density at radius 1 is 0.920 bits per heavy atom. The normalized spacial score (nSPS) is 34.9. The Balaban J connectivity index is 1.03. The molecule has 0 unspecified atom stereocenters. The van der Waals surface area contributed by atoms with Crippen LogP contribution in [0.25, 0.3) is 0 Å². The predicted molar refractivity (Wildman–Crippen MR) is 343 cm³/mol. The van der Waals surface area contributed by atoms with Gasteiger partial charge >= 0.3 is 0 Å². The predicted octanol–water partition coefficient (Wildman–Crippen LogP) is 7.97. The van der Waals surface area contributed by atoms with Gasteiger partial charge in [-0.1, -0.05) is 89.5 Å². The van der Waals surface area contributed by atoms with E-state index in [4.69, 9.17) is 29.7 Å². The van der Waals surface area contributed by atoms with Crippen molar-refractivity contribution >= 4 is 33.3 Å². The van der Waals surface area contributed by atoms with Crippen LogP contribution in [-0.4, -0.2) is 131 Å². The first kappa shape index (κ1) is 63.0. The van der Waals surface area contributed by atoms with E-state index in [1.165, 1.54) is 17.2 Å². The summed E-state index contributed by atoms with van der Waals surface area (Å²) >= 11 is 0. The van der Waals surface area contributed by atoms with Gasteiger partial charge in [0.15, 0.2) is 35.8 Å². The molecular formula is C70H91N5O11S2. The number of ketones is 1. The van der Waals surface area contributed by atoms with Crippen molar-refractivity contribution in [2.75, 3.05) is 52.3 Å². The molecule has 6 aliphatic carbocycles. The van der Waals surface area contributed by atoms with Crippen LogP contribution in [0.4, 0.5) is 0 Å². The van der Waals surface area contributed by atoms with Gasteiger partial charge in [0.25, 0.3) is 0 Å². The molecule has 16 nitrogen and oxygen atoms in total. The number of phenolic OH excluding ortho intramolecular Hbond substituents is 2. The van der Waals surface area contributed by atoms with E-state index >= 15 is 0 Å². The lowest BCUT2D eigenvalue weighted by Crippen LogP contribution is -2.66. The van der Waals surface area contributed by atoms with Crippen LogP contribution in [0.2, 0.25) is 0 Å². The summed E-state index contributed by atoms with van der Waals surface area (Å²) in [5, 5.41) is 78.9. The van der Waals surface area contributed by atoms with Gasteiger partial charge in [-0.15, -0.1) is 0 Å². The van der Waals surface area contributed by atoms with Gasteiger partial charge in [-0.05, 0) is 184 Å². The quantitative estimate of drug-likeness (QED) is 0.0445. The zero-order valence-electron chi connectivity index (χ0n) is 51.6. The Morgan fingerprint density at radius 3 is 2.55 bits per heavy atom. The number of hydrogen-bond donors (Lipinski definition) is 10. The van der Waals surface area contributed by atoms with Crippen LogP contribution in [0.1, 0.15) is 142 Å². The molecule has 18 heteroatoms. The highest BCUT2D eigenvalue weighted by atomic mass is 33.1. The first-order valence-electron chi connectivity index (χ1n) is 32.3. The van der Waals surface area contributed by atoms with Crippen molar-refractivity contribution in [1.29, 1.82) is 0 Å². The minimum absolute atomic E-state index is 0.0108. The third kappa shape index (κ3) is 12.3. The fourth-order valence-electron chi connectivity index (χ4n) is 17.8. The molecular weight excluding hydrogens is 1150 g/mol. The largest absolute Gasteiger partial charge is 0.508 e. The Kier molecular flexibility index (Phi) is 18.8. The number of aliphatic hydroxyl groups is 4. The number of aliphatic imine (C=N–C) groups is 1. The molecule has 10 aliphatic rings. The number of rotatable bonds is 8. The number of aliphatic hydroxyl groups excluding tert-OH is 4. The summed E-state index contributed by atoms with van der Waals surface area (Å²) in [6.07, 6.45) is 14.4. The summed E-state index contributed by atoms with van der Waals surface area (Å²) in [5.74, 6) is 17.2. The lowest BCUT2D eigenvalue weighted by Gasteiger charge is -2.58. The molecule has 11 N–H and O–H groups in total. The van der Waals surface area contributed by atoms with Crippen LogP contribution in [0.5, 0.6) is 28.7 Å². The molecule has 0 aromatic heterocycles. The number of aromatic hydroxyl groups is 2.